The molecular formula is C30H36ClN3O6. The number of fused-ring (bicyclic) bond motifs is 1. The molecule has 0 N–H and O–H groups in total. The van der Waals surface area contributed by atoms with Gasteiger partial charge in [-0.2, -0.15) is 0 Å². The van der Waals surface area contributed by atoms with Crippen molar-refractivity contribution in [2.75, 3.05) is 26.7 Å². The number of nitrogens with zero attached hydrogens (tertiary/aromatic N) is 3. The van der Waals surface area contributed by atoms with Gasteiger partial charge in [-0.3, -0.25) is 4.79 Å². The maximum Gasteiger partial charge on any atom is 0.411 e. The van der Waals surface area contributed by atoms with Crippen molar-refractivity contribution in [2.45, 2.75) is 65.0 Å². The van der Waals surface area contributed by atoms with E-state index in [1.807, 2.05) is 44.2 Å². The summed E-state index contributed by atoms with van der Waals surface area (Å²) >= 11 is 6.08. The number of aromatic nitrogens is 1. The fourth-order valence-electron chi connectivity index (χ4n) is 4.84. The third-order valence-electron chi connectivity index (χ3n) is 7.06. The number of hydrogen-bond donors (Lipinski definition) is 0. The van der Waals surface area contributed by atoms with Crippen molar-refractivity contribution in [1.82, 2.24) is 14.8 Å². The number of carbonyl (C=O) groups is 3. The molecule has 4 rings (SSSR count). The SMILES string of the molecule is COC(=O)C(C)(C)OC(=O)N1CCN(C(=O)c2cc3nc(-c4ccc(Cl)cc4)cc(C(C)(C)C)c3o2)C(C)(C)C1. The van der Waals surface area contributed by atoms with E-state index in [-0.39, 0.29) is 36.7 Å². The summed E-state index contributed by atoms with van der Waals surface area (Å²) in [5.41, 5.74) is 1.31. The molecule has 40 heavy (non-hydrogen) atoms. The number of piperazine rings is 1. The van der Waals surface area contributed by atoms with Gasteiger partial charge >= 0.3 is 12.1 Å². The molecule has 0 unspecified atom stereocenters. The zero-order valence-corrected chi connectivity index (χ0v) is 25.0. The van der Waals surface area contributed by atoms with E-state index in [2.05, 4.69) is 20.8 Å². The lowest BCUT2D eigenvalue weighted by atomic mass is 9.86. The Morgan fingerprint density at radius 1 is 1.02 bits per heavy atom. The first-order valence-electron chi connectivity index (χ1n) is 13.1. The molecule has 9 nitrogen and oxygen atoms in total. The molecule has 1 saturated heterocycles. The van der Waals surface area contributed by atoms with Gasteiger partial charge in [-0.25, -0.2) is 14.6 Å². The topological polar surface area (TPSA) is 102 Å². The molecule has 0 aliphatic carbocycles. The molecule has 214 valence electrons. The predicted octanol–water partition coefficient (Wildman–Crippen LogP) is 6.07. The molecule has 1 aromatic carbocycles. The lowest BCUT2D eigenvalue weighted by Gasteiger charge is -2.46. The smallest absolute Gasteiger partial charge is 0.411 e. The molecule has 1 aliphatic rings. The van der Waals surface area contributed by atoms with Gasteiger partial charge in [0.25, 0.3) is 5.91 Å². The number of halogens is 1. The number of benzene rings is 1. The second kappa shape index (κ2) is 10.4. The van der Waals surface area contributed by atoms with Gasteiger partial charge < -0.3 is 23.7 Å². The van der Waals surface area contributed by atoms with Crippen molar-refractivity contribution in [2.24, 2.45) is 0 Å². The van der Waals surface area contributed by atoms with E-state index < -0.39 is 23.2 Å². The minimum atomic E-state index is -1.43. The number of methoxy groups -OCH3 is 1. The Labute approximate surface area is 239 Å². The van der Waals surface area contributed by atoms with Gasteiger partial charge in [0.2, 0.25) is 5.60 Å². The van der Waals surface area contributed by atoms with E-state index in [1.165, 1.54) is 25.9 Å². The molecule has 3 heterocycles. The number of esters is 1. The molecule has 0 radical (unpaired) electrons. The summed E-state index contributed by atoms with van der Waals surface area (Å²) in [5, 5.41) is 0.639. The summed E-state index contributed by atoms with van der Waals surface area (Å²) in [7, 11) is 1.24. The van der Waals surface area contributed by atoms with Crippen LogP contribution in [0.2, 0.25) is 5.02 Å². The molecule has 2 aromatic heterocycles. The number of amides is 2. The summed E-state index contributed by atoms with van der Waals surface area (Å²) in [5.74, 6) is -0.766. The zero-order valence-electron chi connectivity index (χ0n) is 24.3. The van der Waals surface area contributed by atoms with Gasteiger partial charge in [0.15, 0.2) is 11.3 Å². The van der Waals surface area contributed by atoms with Crippen molar-refractivity contribution in [3.63, 3.8) is 0 Å². The minimum Gasteiger partial charge on any atom is -0.466 e. The first kappa shape index (κ1) is 29.4. The van der Waals surface area contributed by atoms with Crippen LogP contribution in [-0.4, -0.2) is 70.6 Å². The summed E-state index contributed by atoms with van der Waals surface area (Å²) in [6.45, 7) is 13.6. The van der Waals surface area contributed by atoms with Crippen molar-refractivity contribution >= 4 is 40.7 Å². The molecule has 0 saturated carbocycles. The molecule has 0 bridgehead atoms. The number of furan rings is 1. The van der Waals surface area contributed by atoms with Gasteiger partial charge in [-0.1, -0.05) is 44.5 Å². The number of ether oxygens (including phenoxy) is 2. The van der Waals surface area contributed by atoms with E-state index in [1.54, 1.807) is 11.0 Å². The van der Waals surface area contributed by atoms with E-state index >= 15 is 0 Å². The highest BCUT2D eigenvalue weighted by molar-refractivity contribution is 6.30. The number of hydrogen-bond acceptors (Lipinski definition) is 7. The lowest BCUT2D eigenvalue weighted by Crippen LogP contribution is -2.62. The normalized spacial score (nSPS) is 15.7. The third-order valence-corrected chi connectivity index (χ3v) is 7.31. The third kappa shape index (κ3) is 5.80. The van der Waals surface area contributed by atoms with E-state index in [0.717, 1.165) is 16.8 Å². The van der Waals surface area contributed by atoms with Crippen molar-refractivity contribution in [3.8, 4) is 11.3 Å². The first-order valence-corrected chi connectivity index (χ1v) is 13.5. The van der Waals surface area contributed by atoms with Crippen LogP contribution >= 0.6 is 11.6 Å². The van der Waals surface area contributed by atoms with Crippen molar-refractivity contribution < 1.29 is 28.3 Å². The van der Waals surface area contributed by atoms with E-state index in [0.29, 0.717) is 16.1 Å². The van der Waals surface area contributed by atoms with Crippen LogP contribution in [-0.2, 0) is 19.7 Å². The highest BCUT2D eigenvalue weighted by Gasteiger charge is 2.42. The maximum absolute atomic E-state index is 13.8. The zero-order chi connectivity index (χ0) is 29.6. The largest absolute Gasteiger partial charge is 0.466 e. The van der Waals surface area contributed by atoms with Crippen LogP contribution in [0.3, 0.4) is 0 Å². The fraction of sp³-hybridized carbons (Fsp3) is 0.467. The number of pyridine rings is 1. The summed E-state index contributed by atoms with van der Waals surface area (Å²) in [4.78, 5) is 46.6. The highest BCUT2D eigenvalue weighted by Crippen LogP contribution is 2.36. The number of carbonyl (C=O) groups excluding carboxylic acids is 3. The Kier molecular flexibility index (Phi) is 7.66. The quantitative estimate of drug-likeness (QED) is 0.351. The van der Waals surface area contributed by atoms with Crippen molar-refractivity contribution in [1.29, 1.82) is 0 Å². The Balaban J connectivity index is 1.61. The van der Waals surface area contributed by atoms with E-state index in [4.69, 9.17) is 30.5 Å². The average Bonchev–Trinajstić information content (AvgIpc) is 3.30. The molecule has 2 amide bonds. The van der Waals surface area contributed by atoms with Crippen molar-refractivity contribution in [3.05, 3.63) is 52.7 Å². The lowest BCUT2D eigenvalue weighted by molar-refractivity contribution is -0.160. The second-order valence-corrected chi connectivity index (χ2v) is 12.6. The Hall–Kier alpha value is -3.59. The van der Waals surface area contributed by atoms with Crippen LogP contribution in [0, 0.1) is 0 Å². The standard InChI is InChI=1S/C30H36ClN3O6/c1-28(2,3)20-15-21(18-9-11-19(31)12-10-18)32-22-16-23(39-24(20)22)25(35)34-14-13-33(17-29(34,4)5)27(37)40-30(6,7)26(36)38-8/h9-12,15-16H,13-14,17H2,1-8H3. The van der Waals surface area contributed by atoms with Crippen LogP contribution in [0.15, 0.2) is 40.8 Å². The number of rotatable bonds is 4. The van der Waals surface area contributed by atoms with Crippen LogP contribution in [0.4, 0.5) is 4.79 Å². The molecule has 0 atom stereocenters. The maximum atomic E-state index is 13.8. The molecule has 1 aliphatic heterocycles. The Bertz CT molecular complexity index is 1450. The predicted molar refractivity (Wildman–Crippen MR) is 152 cm³/mol. The Morgan fingerprint density at radius 2 is 1.68 bits per heavy atom. The molecule has 3 aromatic rings. The van der Waals surface area contributed by atoms with E-state index in [9.17, 15) is 14.4 Å². The monoisotopic (exact) mass is 569 g/mol. The molecule has 0 spiro atoms. The van der Waals surface area contributed by atoms with Gasteiger partial charge in [-0.05, 0) is 51.3 Å². The summed E-state index contributed by atoms with van der Waals surface area (Å²) in [6.07, 6.45) is -0.645. The summed E-state index contributed by atoms with van der Waals surface area (Å²) in [6, 6.07) is 11.1. The van der Waals surface area contributed by atoms with Crippen LogP contribution < -0.4 is 0 Å². The summed E-state index contributed by atoms with van der Waals surface area (Å²) < 4.78 is 16.3. The van der Waals surface area contributed by atoms with Gasteiger partial charge in [0, 0.05) is 41.9 Å². The second-order valence-electron chi connectivity index (χ2n) is 12.2. The average molecular weight is 570 g/mol. The van der Waals surface area contributed by atoms with Gasteiger partial charge in [0.05, 0.1) is 18.3 Å². The highest BCUT2D eigenvalue weighted by atomic mass is 35.5. The Morgan fingerprint density at radius 3 is 2.25 bits per heavy atom. The van der Waals surface area contributed by atoms with Crippen LogP contribution in [0.1, 0.15) is 64.6 Å². The van der Waals surface area contributed by atoms with Crippen LogP contribution in [0.5, 0.6) is 0 Å². The van der Waals surface area contributed by atoms with Gasteiger partial charge in [0.1, 0.15) is 5.52 Å². The molecule has 10 heteroatoms. The minimum absolute atomic E-state index is 0.178. The molecule has 1 fully saturated rings. The first-order chi connectivity index (χ1) is 18.5. The molecular weight excluding hydrogens is 534 g/mol. The van der Waals surface area contributed by atoms with Gasteiger partial charge in [-0.15, -0.1) is 0 Å². The fourth-order valence-corrected chi connectivity index (χ4v) is 4.97. The van der Waals surface area contributed by atoms with Crippen LogP contribution in [0.25, 0.3) is 22.4 Å².